The summed E-state index contributed by atoms with van der Waals surface area (Å²) in [6.45, 7) is 2.07. The smallest absolute Gasteiger partial charge is 0.289 e. The van der Waals surface area contributed by atoms with E-state index >= 15 is 0 Å². The minimum atomic E-state index is -4.01. The lowest BCUT2D eigenvalue weighted by Crippen LogP contribution is -2.35. The molecule has 3 N–H and O–H groups in total. The van der Waals surface area contributed by atoms with Crippen molar-refractivity contribution < 1.29 is 18.1 Å². The molecule has 0 spiro atoms. The summed E-state index contributed by atoms with van der Waals surface area (Å²) in [7, 11) is -4.01. The van der Waals surface area contributed by atoms with Crippen LogP contribution in [0.2, 0.25) is 0 Å². The summed E-state index contributed by atoms with van der Waals surface area (Å²) in [6.07, 6.45) is 3.39. The standard InChI is InChI=1S/C16H24N4O5S/c21-16(6-5-13-7-9-17-10-8-13)18-11-12-19-26(24,25)15-4-2-1-3-14(15)20(22)23/h1-4,13,17,19H,5-12H2,(H,18,21). The van der Waals surface area contributed by atoms with Gasteiger partial charge in [-0.2, -0.15) is 0 Å². The van der Waals surface area contributed by atoms with E-state index in [0.29, 0.717) is 12.3 Å². The van der Waals surface area contributed by atoms with Crippen molar-refractivity contribution in [2.75, 3.05) is 26.2 Å². The number of nitrogens with zero attached hydrogens (tertiary/aromatic N) is 1. The number of sulfonamides is 1. The number of hydrogen-bond donors (Lipinski definition) is 3. The predicted octanol–water partition coefficient (Wildman–Crippen LogP) is 0.769. The lowest BCUT2D eigenvalue weighted by molar-refractivity contribution is -0.387. The van der Waals surface area contributed by atoms with E-state index in [4.69, 9.17) is 0 Å². The van der Waals surface area contributed by atoms with Crippen LogP contribution in [-0.2, 0) is 14.8 Å². The molecule has 10 heteroatoms. The second-order valence-corrected chi connectivity index (χ2v) is 7.94. The zero-order chi connectivity index (χ0) is 19.0. The number of benzene rings is 1. The van der Waals surface area contributed by atoms with Crippen molar-refractivity contribution in [1.82, 2.24) is 15.4 Å². The lowest BCUT2D eigenvalue weighted by atomic mass is 9.93. The fraction of sp³-hybridized carbons (Fsp3) is 0.562. The van der Waals surface area contributed by atoms with E-state index in [0.717, 1.165) is 38.4 Å². The number of nitrogens with one attached hydrogen (secondary N) is 3. The molecule has 9 nitrogen and oxygen atoms in total. The molecular weight excluding hydrogens is 360 g/mol. The third kappa shape index (κ3) is 6.04. The molecule has 1 saturated heterocycles. The second-order valence-electron chi connectivity index (χ2n) is 6.20. The maximum absolute atomic E-state index is 12.2. The number of nitro groups is 1. The number of hydrogen-bond acceptors (Lipinski definition) is 6. The summed E-state index contributed by atoms with van der Waals surface area (Å²) >= 11 is 0. The molecule has 0 radical (unpaired) electrons. The Hall–Kier alpha value is -2.04. The van der Waals surface area contributed by atoms with Gasteiger partial charge in [0.25, 0.3) is 5.69 Å². The van der Waals surface area contributed by atoms with Gasteiger partial charge in [-0.25, -0.2) is 13.1 Å². The molecule has 1 aromatic carbocycles. The van der Waals surface area contributed by atoms with Crippen LogP contribution >= 0.6 is 0 Å². The van der Waals surface area contributed by atoms with Crippen LogP contribution in [0.3, 0.4) is 0 Å². The van der Waals surface area contributed by atoms with Gasteiger partial charge in [0, 0.05) is 25.6 Å². The third-order valence-corrected chi connectivity index (χ3v) is 5.84. The predicted molar refractivity (Wildman–Crippen MR) is 96.1 cm³/mol. The molecule has 0 unspecified atom stereocenters. The largest absolute Gasteiger partial charge is 0.355 e. The average Bonchev–Trinajstić information content (AvgIpc) is 2.64. The van der Waals surface area contributed by atoms with Crippen LogP contribution in [0.5, 0.6) is 0 Å². The van der Waals surface area contributed by atoms with Crippen LogP contribution in [-0.4, -0.2) is 45.4 Å². The van der Waals surface area contributed by atoms with Crippen molar-refractivity contribution in [3.8, 4) is 0 Å². The van der Waals surface area contributed by atoms with Crippen molar-refractivity contribution in [2.45, 2.75) is 30.6 Å². The Balaban J connectivity index is 1.74. The van der Waals surface area contributed by atoms with Crippen LogP contribution in [0.15, 0.2) is 29.2 Å². The number of rotatable bonds is 9. The first-order valence-electron chi connectivity index (χ1n) is 8.60. The topological polar surface area (TPSA) is 130 Å². The molecule has 144 valence electrons. The van der Waals surface area contributed by atoms with E-state index in [9.17, 15) is 23.3 Å². The van der Waals surface area contributed by atoms with Crippen LogP contribution in [0, 0.1) is 16.0 Å². The number of amides is 1. The zero-order valence-corrected chi connectivity index (χ0v) is 15.3. The molecule has 1 aliphatic heterocycles. The number of carbonyl (C=O) groups excluding carboxylic acids is 1. The molecule has 2 rings (SSSR count). The minimum Gasteiger partial charge on any atom is -0.355 e. The molecule has 26 heavy (non-hydrogen) atoms. The normalized spacial score (nSPS) is 15.5. The molecule has 0 aliphatic carbocycles. The van der Waals surface area contributed by atoms with E-state index < -0.39 is 20.6 Å². The molecule has 0 aromatic heterocycles. The molecule has 1 fully saturated rings. The highest BCUT2D eigenvalue weighted by atomic mass is 32.2. The lowest BCUT2D eigenvalue weighted by Gasteiger charge is -2.22. The summed E-state index contributed by atoms with van der Waals surface area (Å²) < 4.78 is 26.7. The summed E-state index contributed by atoms with van der Waals surface area (Å²) in [5.41, 5.74) is -0.481. The monoisotopic (exact) mass is 384 g/mol. The Bertz CT molecular complexity index is 732. The van der Waals surface area contributed by atoms with Gasteiger partial charge in [0.1, 0.15) is 0 Å². The molecule has 1 aromatic rings. The van der Waals surface area contributed by atoms with E-state index in [-0.39, 0.29) is 23.9 Å². The van der Waals surface area contributed by atoms with Gasteiger partial charge >= 0.3 is 0 Å². The van der Waals surface area contributed by atoms with E-state index in [1.807, 2.05) is 0 Å². The van der Waals surface area contributed by atoms with Crippen LogP contribution in [0.1, 0.15) is 25.7 Å². The minimum absolute atomic E-state index is 0.0343. The summed E-state index contributed by atoms with van der Waals surface area (Å²) in [4.78, 5) is 21.6. The summed E-state index contributed by atoms with van der Waals surface area (Å²) in [6, 6.07) is 5.14. The second kappa shape index (κ2) is 9.60. The summed E-state index contributed by atoms with van der Waals surface area (Å²) in [5.74, 6) is 0.438. The molecule has 1 aliphatic rings. The van der Waals surface area contributed by atoms with E-state index in [1.165, 1.54) is 18.2 Å². The highest BCUT2D eigenvalue weighted by Gasteiger charge is 2.24. The van der Waals surface area contributed by atoms with Gasteiger partial charge in [0.05, 0.1) is 4.92 Å². The molecule has 1 heterocycles. The van der Waals surface area contributed by atoms with Gasteiger partial charge in [-0.15, -0.1) is 0 Å². The van der Waals surface area contributed by atoms with E-state index in [2.05, 4.69) is 15.4 Å². The van der Waals surface area contributed by atoms with Crippen molar-refractivity contribution in [1.29, 1.82) is 0 Å². The van der Waals surface area contributed by atoms with Crippen LogP contribution in [0.25, 0.3) is 0 Å². The van der Waals surface area contributed by atoms with Crippen LogP contribution in [0.4, 0.5) is 5.69 Å². The Kier molecular flexibility index (Phi) is 7.49. The zero-order valence-electron chi connectivity index (χ0n) is 14.4. The average molecular weight is 384 g/mol. The van der Waals surface area contributed by atoms with Crippen molar-refractivity contribution in [3.63, 3.8) is 0 Å². The first kappa shape index (κ1) is 20.3. The molecular formula is C16H24N4O5S. The molecule has 0 saturated carbocycles. The van der Waals surface area contributed by atoms with Gasteiger partial charge in [0.15, 0.2) is 4.90 Å². The van der Waals surface area contributed by atoms with Crippen molar-refractivity contribution in [2.24, 2.45) is 5.92 Å². The highest BCUT2D eigenvalue weighted by molar-refractivity contribution is 7.89. The number of carbonyl (C=O) groups is 1. The van der Waals surface area contributed by atoms with Gasteiger partial charge < -0.3 is 10.6 Å². The maximum Gasteiger partial charge on any atom is 0.289 e. The highest BCUT2D eigenvalue weighted by Crippen LogP contribution is 2.22. The van der Waals surface area contributed by atoms with Crippen LogP contribution < -0.4 is 15.4 Å². The first-order valence-corrected chi connectivity index (χ1v) is 10.1. The number of para-hydroxylation sites is 1. The van der Waals surface area contributed by atoms with Gasteiger partial charge in [-0.3, -0.25) is 14.9 Å². The van der Waals surface area contributed by atoms with Crippen molar-refractivity contribution >= 4 is 21.6 Å². The van der Waals surface area contributed by atoms with E-state index in [1.54, 1.807) is 0 Å². The Morgan fingerprint density at radius 1 is 1.23 bits per heavy atom. The molecule has 0 atom stereocenters. The van der Waals surface area contributed by atoms with Gasteiger partial charge in [-0.1, -0.05) is 12.1 Å². The SMILES string of the molecule is O=C(CCC1CCNCC1)NCCNS(=O)(=O)c1ccccc1[N+](=O)[O-]. The maximum atomic E-state index is 12.2. The fourth-order valence-corrected chi connectivity index (χ4v) is 4.10. The molecule has 0 bridgehead atoms. The Labute approximate surface area is 152 Å². The first-order chi connectivity index (χ1) is 12.4. The van der Waals surface area contributed by atoms with Gasteiger partial charge in [0.2, 0.25) is 15.9 Å². The fourth-order valence-electron chi connectivity index (χ4n) is 2.89. The van der Waals surface area contributed by atoms with Crippen molar-refractivity contribution in [3.05, 3.63) is 34.4 Å². The number of nitro benzene ring substituents is 1. The van der Waals surface area contributed by atoms with Gasteiger partial charge in [-0.05, 0) is 44.3 Å². The number of piperidine rings is 1. The summed E-state index contributed by atoms with van der Waals surface area (Å²) in [5, 5.41) is 16.9. The third-order valence-electron chi connectivity index (χ3n) is 4.33. The Morgan fingerprint density at radius 2 is 1.92 bits per heavy atom. The quantitative estimate of drug-likeness (QED) is 0.327. The Morgan fingerprint density at radius 3 is 2.62 bits per heavy atom. The molecule has 1 amide bonds.